The Labute approximate surface area is 235 Å². The summed E-state index contributed by atoms with van der Waals surface area (Å²) in [4.78, 5) is 17.6. The highest BCUT2D eigenvalue weighted by Gasteiger charge is 2.38. The van der Waals surface area contributed by atoms with Gasteiger partial charge in [0, 0.05) is 18.1 Å². The Morgan fingerprint density at radius 3 is 2.25 bits per heavy atom. The van der Waals surface area contributed by atoms with E-state index in [0.717, 1.165) is 28.7 Å². The molecule has 0 saturated carbocycles. The quantitative estimate of drug-likeness (QED) is 0.321. The normalized spacial score (nSPS) is 15.2. The molecule has 0 spiro atoms. The van der Waals surface area contributed by atoms with E-state index >= 15 is 0 Å². The molecule has 7 nitrogen and oxygen atoms in total. The summed E-state index contributed by atoms with van der Waals surface area (Å²) in [5.74, 6) is -0.0701. The van der Waals surface area contributed by atoms with Gasteiger partial charge in [0.15, 0.2) is 6.10 Å². The molecule has 0 radical (unpaired) electrons. The number of fused-ring (bicyclic) bond motifs is 1. The number of sulfonamides is 1. The Hall–Kier alpha value is -4.17. The lowest BCUT2D eigenvalue weighted by molar-refractivity contribution is -0.122. The van der Waals surface area contributed by atoms with Gasteiger partial charge in [0.1, 0.15) is 5.75 Å². The lowest BCUT2D eigenvalue weighted by Crippen LogP contribution is -2.49. The first kappa shape index (κ1) is 27.4. The first-order valence-corrected chi connectivity index (χ1v) is 14.6. The van der Waals surface area contributed by atoms with Crippen LogP contribution >= 0.6 is 0 Å². The lowest BCUT2D eigenvalue weighted by atomic mass is 9.86. The number of carbonyl (C=O) groups excluding carboxylic acids is 1. The van der Waals surface area contributed by atoms with E-state index in [4.69, 9.17) is 4.74 Å². The van der Waals surface area contributed by atoms with Crippen LogP contribution < -0.4 is 14.4 Å². The van der Waals surface area contributed by atoms with Gasteiger partial charge in [-0.1, -0.05) is 56.7 Å². The van der Waals surface area contributed by atoms with Gasteiger partial charge in [-0.15, -0.1) is 0 Å². The predicted octanol–water partition coefficient (Wildman–Crippen LogP) is 5.87. The first-order chi connectivity index (χ1) is 19.0. The number of benzene rings is 3. The number of nitrogens with zero attached hydrogens (tertiary/aromatic N) is 2. The highest BCUT2D eigenvalue weighted by atomic mass is 32.2. The highest BCUT2D eigenvalue weighted by molar-refractivity contribution is 7.92. The van der Waals surface area contributed by atoms with Crippen molar-refractivity contribution in [2.75, 3.05) is 16.2 Å². The Kier molecular flexibility index (Phi) is 7.38. The highest BCUT2D eigenvalue weighted by Crippen LogP contribution is 2.40. The molecule has 8 heteroatoms. The molecule has 0 fully saturated rings. The maximum Gasteiger partial charge on any atom is 0.267 e. The minimum absolute atomic E-state index is 0.150. The zero-order valence-electron chi connectivity index (χ0n) is 23.1. The Morgan fingerprint density at radius 2 is 1.60 bits per heavy atom. The Balaban J connectivity index is 1.41. The molecule has 0 aliphatic carbocycles. The summed E-state index contributed by atoms with van der Waals surface area (Å²) in [6.07, 6.45) is 3.24. The van der Waals surface area contributed by atoms with Crippen LogP contribution in [-0.2, 0) is 26.7 Å². The van der Waals surface area contributed by atoms with Crippen molar-refractivity contribution in [3.05, 3.63) is 114 Å². The number of hydrogen-bond donors (Lipinski definition) is 1. The third-order valence-electron chi connectivity index (χ3n) is 6.98. The van der Waals surface area contributed by atoms with Crippen LogP contribution in [0.3, 0.4) is 0 Å². The monoisotopic (exact) mass is 555 g/mol. The zero-order chi connectivity index (χ0) is 28.5. The molecule has 206 valence electrons. The zero-order valence-corrected chi connectivity index (χ0v) is 23.9. The van der Waals surface area contributed by atoms with Gasteiger partial charge >= 0.3 is 0 Å². The third kappa shape index (κ3) is 5.87. The second-order valence-corrected chi connectivity index (χ2v) is 13.0. The molecule has 3 aromatic carbocycles. The average Bonchev–Trinajstić information content (AvgIpc) is 2.93. The summed E-state index contributed by atoms with van der Waals surface area (Å²) in [6, 6.07) is 23.7. The van der Waals surface area contributed by atoms with Gasteiger partial charge in [0.25, 0.3) is 15.9 Å². The molecule has 0 bridgehead atoms. The van der Waals surface area contributed by atoms with E-state index < -0.39 is 22.0 Å². The van der Waals surface area contributed by atoms with Gasteiger partial charge in [0.05, 0.1) is 17.1 Å². The third-order valence-corrected chi connectivity index (χ3v) is 8.77. The molecule has 40 heavy (non-hydrogen) atoms. The van der Waals surface area contributed by atoms with Gasteiger partial charge in [-0.2, -0.15) is 0 Å². The van der Waals surface area contributed by atoms with Crippen molar-refractivity contribution in [1.82, 2.24) is 4.98 Å². The minimum atomic E-state index is -3.96. The first-order valence-electron chi connectivity index (χ1n) is 13.2. The standard InChI is InChI=1S/C32H33N3O4S/c1-22-5-12-27(13-6-22)40(37,38)35-21-30(39-29-14-9-25(20-28(29)35)32(2,3)4)31(36)34-26-10-7-23(8-11-26)19-24-15-17-33-18-16-24/h5-18,20,30H,19,21H2,1-4H3,(H,34,36). The molecule has 1 aromatic heterocycles. The molecule has 5 rings (SSSR count). The van der Waals surface area contributed by atoms with E-state index in [-0.39, 0.29) is 16.9 Å². The van der Waals surface area contributed by atoms with E-state index in [1.165, 1.54) is 4.31 Å². The van der Waals surface area contributed by atoms with Crippen LogP contribution in [0.4, 0.5) is 11.4 Å². The fourth-order valence-electron chi connectivity index (χ4n) is 4.58. The van der Waals surface area contributed by atoms with Gasteiger partial charge < -0.3 is 10.1 Å². The second-order valence-electron chi connectivity index (χ2n) is 11.1. The van der Waals surface area contributed by atoms with Crippen LogP contribution in [0.25, 0.3) is 0 Å². The van der Waals surface area contributed by atoms with Crippen molar-refractivity contribution in [2.45, 2.75) is 50.5 Å². The predicted molar refractivity (Wildman–Crippen MR) is 157 cm³/mol. The lowest BCUT2D eigenvalue weighted by Gasteiger charge is -2.36. The van der Waals surface area contributed by atoms with Crippen LogP contribution in [0, 0.1) is 6.92 Å². The van der Waals surface area contributed by atoms with E-state index in [1.807, 2.05) is 55.5 Å². The summed E-state index contributed by atoms with van der Waals surface area (Å²) >= 11 is 0. The molecular formula is C32H33N3O4S. The molecule has 2 heterocycles. The fourth-order valence-corrected chi connectivity index (χ4v) is 6.05. The number of rotatable bonds is 6. The molecule has 1 N–H and O–H groups in total. The second kappa shape index (κ2) is 10.8. The molecule has 1 aliphatic rings. The van der Waals surface area contributed by atoms with E-state index in [0.29, 0.717) is 17.1 Å². The topological polar surface area (TPSA) is 88.6 Å². The van der Waals surface area contributed by atoms with Crippen LogP contribution in [0.2, 0.25) is 0 Å². The summed E-state index contributed by atoms with van der Waals surface area (Å²) in [5.41, 5.74) is 5.00. The number of aromatic nitrogens is 1. The van der Waals surface area contributed by atoms with Crippen molar-refractivity contribution >= 4 is 27.3 Å². The molecular weight excluding hydrogens is 522 g/mol. The summed E-state index contributed by atoms with van der Waals surface area (Å²) in [7, 11) is -3.96. The molecule has 4 aromatic rings. The number of amides is 1. The fraction of sp³-hybridized carbons (Fsp3) is 0.250. The number of aryl methyl sites for hydroxylation is 1. The molecule has 1 amide bonds. The van der Waals surface area contributed by atoms with Crippen LogP contribution in [-0.4, -0.2) is 32.0 Å². The Bertz CT molecular complexity index is 1610. The number of ether oxygens (including phenoxy) is 1. The van der Waals surface area contributed by atoms with Crippen molar-refractivity contribution < 1.29 is 17.9 Å². The van der Waals surface area contributed by atoms with Gasteiger partial charge in [0.2, 0.25) is 0 Å². The average molecular weight is 556 g/mol. The molecule has 1 aliphatic heterocycles. The number of carbonyl (C=O) groups is 1. The SMILES string of the molecule is Cc1ccc(S(=O)(=O)N2CC(C(=O)Nc3ccc(Cc4ccncc4)cc3)Oc3ccc(C(C)(C)C)cc32)cc1. The maximum atomic E-state index is 13.9. The largest absolute Gasteiger partial charge is 0.476 e. The van der Waals surface area contributed by atoms with E-state index in [2.05, 4.69) is 31.1 Å². The maximum absolute atomic E-state index is 13.9. The van der Waals surface area contributed by atoms with Gasteiger partial charge in [-0.05, 0) is 84.0 Å². The number of pyridine rings is 1. The summed E-state index contributed by atoms with van der Waals surface area (Å²) < 4.78 is 35.1. The van der Waals surface area contributed by atoms with Crippen LogP contribution in [0.1, 0.15) is 43.0 Å². The smallest absolute Gasteiger partial charge is 0.267 e. The number of nitrogens with one attached hydrogen (secondary N) is 1. The Morgan fingerprint density at radius 1 is 0.950 bits per heavy atom. The molecule has 0 saturated heterocycles. The molecule has 1 unspecified atom stereocenters. The summed E-state index contributed by atoms with van der Waals surface area (Å²) in [6.45, 7) is 7.95. The van der Waals surface area contributed by atoms with Crippen molar-refractivity contribution in [1.29, 1.82) is 0 Å². The number of hydrogen-bond acceptors (Lipinski definition) is 5. The minimum Gasteiger partial charge on any atom is -0.476 e. The molecule has 1 atom stereocenters. The van der Waals surface area contributed by atoms with Gasteiger partial charge in [-0.25, -0.2) is 8.42 Å². The van der Waals surface area contributed by atoms with Crippen molar-refractivity contribution in [3.8, 4) is 5.75 Å². The summed E-state index contributed by atoms with van der Waals surface area (Å²) in [5, 5.41) is 2.89. The van der Waals surface area contributed by atoms with E-state index in [9.17, 15) is 13.2 Å². The van der Waals surface area contributed by atoms with Gasteiger partial charge in [-0.3, -0.25) is 14.1 Å². The van der Waals surface area contributed by atoms with E-state index in [1.54, 1.807) is 42.7 Å². The van der Waals surface area contributed by atoms with Crippen LogP contribution in [0.15, 0.2) is 96.2 Å². The van der Waals surface area contributed by atoms with Crippen LogP contribution in [0.5, 0.6) is 5.75 Å². The van der Waals surface area contributed by atoms with Crippen molar-refractivity contribution in [3.63, 3.8) is 0 Å². The van der Waals surface area contributed by atoms with Crippen molar-refractivity contribution in [2.24, 2.45) is 0 Å². The number of anilines is 2.